The first-order chi connectivity index (χ1) is 7.65. The van der Waals surface area contributed by atoms with E-state index in [1.165, 1.54) is 12.1 Å². The number of Topliss-reactive ketones (excluding diaryl/α,β-unsaturated/α-hetero) is 1. The molecule has 0 aliphatic carbocycles. The molecule has 0 bridgehead atoms. The second kappa shape index (κ2) is 6.30. The third-order valence-electron chi connectivity index (χ3n) is 2.21. The monoisotopic (exact) mass is 238 g/mol. The minimum absolute atomic E-state index is 0.0378. The highest BCUT2D eigenvalue weighted by atomic mass is 35.5. The van der Waals surface area contributed by atoms with Gasteiger partial charge >= 0.3 is 0 Å². The molecule has 0 atom stereocenters. The fourth-order valence-electron chi connectivity index (χ4n) is 1.37. The largest absolute Gasteiger partial charge is 0.299 e. The number of halogens is 2. The maximum atomic E-state index is 13.3. The Hall–Kier alpha value is -1.33. The Labute approximate surface area is 99.6 Å². The van der Waals surface area contributed by atoms with E-state index in [2.05, 4.69) is 5.92 Å². The molecule has 0 fully saturated rings. The summed E-state index contributed by atoms with van der Waals surface area (Å²) in [5, 5.41) is 0.297. The lowest BCUT2D eigenvalue weighted by Crippen LogP contribution is -2.04. The Bertz CT molecular complexity index is 400. The van der Waals surface area contributed by atoms with Crippen LogP contribution in [0.3, 0.4) is 0 Å². The Morgan fingerprint density at radius 3 is 2.88 bits per heavy atom. The van der Waals surface area contributed by atoms with Crippen LogP contribution >= 0.6 is 11.6 Å². The van der Waals surface area contributed by atoms with Gasteiger partial charge in [0.2, 0.25) is 0 Å². The maximum absolute atomic E-state index is 13.3. The summed E-state index contributed by atoms with van der Waals surface area (Å²) < 4.78 is 13.3. The number of hydrogen-bond donors (Lipinski definition) is 0. The summed E-state index contributed by atoms with van der Waals surface area (Å²) in [6.45, 7) is 0. The summed E-state index contributed by atoms with van der Waals surface area (Å²) in [4.78, 5) is 11.5. The van der Waals surface area contributed by atoms with Crippen LogP contribution in [0.4, 0.5) is 4.39 Å². The van der Waals surface area contributed by atoms with Gasteiger partial charge in [-0.2, -0.15) is 0 Å². The summed E-state index contributed by atoms with van der Waals surface area (Å²) in [5.41, 5.74) is 0.273. The van der Waals surface area contributed by atoms with Gasteiger partial charge in [0.25, 0.3) is 0 Å². The lowest BCUT2D eigenvalue weighted by Gasteiger charge is -2.04. The molecule has 1 aromatic rings. The Morgan fingerprint density at radius 2 is 2.25 bits per heavy atom. The molecule has 0 saturated heterocycles. The van der Waals surface area contributed by atoms with Crippen LogP contribution < -0.4 is 0 Å². The minimum Gasteiger partial charge on any atom is -0.299 e. The van der Waals surface area contributed by atoms with Crippen molar-refractivity contribution in [1.29, 1.82) is 0 Å². The molecule has 0 spiro atoms. The molecule has 1 aromatic carbocycles. The van der Waals surface area contributed by atoms with E-state index in [9.17, 15) is 9.18 Å². The van der Waals surface area contributed by atoms with Gasteiger partial charge in [-0.15, -0.1) is 12.3 Å². The van der Waals surface area contributed by atoms with Crippen molar-refractivity contribution >= 4 is 17.4 Å². The molecule has 1 rings (SSSR count). The first-order valence-corrected chi connectivity index (χ1v) is 5.41. The van der Waals surface area contributed by atoms with Crippen molar-refractivity contribution in [2.45, 2.75) is 25.7 Å². The van der Waals surface area contributed by atoms with E-state index in [0.29, 0.717) is 24.3 Å². The molecule has 0 aliphatic rings. The van der Waals surface area contributed by atoms with Crippen molar-refractivity contribution in [3.8, 4) is 12.3 Å². The smallest absolute Gasteiger partial charge is 0.137 e. The van der Waals surface area contributed by atoms with Crippen LogP contribution in [0.2, 0.25) is 5.02 Å². The predicted molar refractivity (Wildman–Crippen MR) is 62.8 cm³/mol. The first-order valence-electron chi connectivity index (χ1n) is 5.03. The fraction of sp³-hybridized carbons (Fsp3) is 0.308. The van der Waals surface area contributed by atoms with Crippen LogP contribution in [0.25, 0.3) is 0 Å². The molecule has 0 aromatic heterocycles. The fourth-order valence-corrected chi connectivity index (χ4v) is 1.60. The molecule has 0 saturated carbocycles. The number of carbonyl (C=O) groups excluding carboxylic acids is 1. The second-order valence-electron chi connectivity index (χ2n) is 3.47. The van der Waals surface area contributed by atoms with E-state index in [4.69, 9.17) is 18.0 Å². The van der Waals surface area contributed by atoms with Crippen molar-refractivity contribution in [2.24, 2.45) is 0 Å². The molecule has 0 unspecified atom stereocenters. The number of benzene rings is 1. The molecule has 0 heterocycles. The van der Waals surface area contributed by atoms with Gasteiger partial charge in [0.1, 0.15) is 11.6 Å². The zero-order chi connectivity index (χ0) is 12.0. The van der Waals surface area contributed by atoms with Crippen LogP contribution in [0.1, 0.15) is 24.8 Å². The number of rotatable bonds is 5. The number of terminal acetylenes is 1. The van der Waals surface area contributed by atoms with Crippen LogP contribution in [0.5, 0.6) is 0 Å². The standard InChI is InChI=1S/C13H12ClFO/c1-2-3-4-6-10(16)9-11-12(14)7-5-8-13(11)15/h1,5,7-8H,3-4,6,9H2. The minimum atomic E-state index is -0.433. The van der Waals surface area contributed by atoms with Gasteiger partial charge in [-0.1, -0.05) is 17.7 Å². The molecule has 0 N–H and O–H groups in total. The van der Waals surface area contributed by atoms with Gasteiger partial charge in [-0.25, -0.2) is 4.39 Å². The molecule has 0 amide bonds. The van der Waals surface area contributed by atoms with E-state index in [1.807, 2.05) is 0 Å². The lowest BCUT2D eigenvalue weighted by atomic mass is 10.0. The van der Waals surface area contributed by atoms with E-state index >= 15 is 0 Å². The number of carbonyl (C=O) groups is 1. The van der Waals surface area contributed by atoms with Crippen molar-refractivity contribution in [1.82, 2.24) is 0 Å². The van der Waals surface area contributed by atoms with E-state index in [-0.39, 0.29) is 17.8 Å². The molecule has 1 nitrogen and oxygen atoms in total. The van der Waals surface area contributed by atoms with Crippen molar-refractivity contribution in [2.75, 3.05) is 0 Å². The second-order valence-corrected chi connectivity index (χ2v) is 3.88. The zero-order valence-corrected chi connectivity index (χ0v) is 9.56. The van der Waals surface area contributed by atoms with Crippen LogP contribution in [0.15, 0.2) is 18.2 Å². The lowest BCUT2D eigenvalue weighted by molar-refractivity contribution is -0.118. The zero-order valence-electron chi connectivity index (χ0n) is 8.80. The molecule has 84 valence electrons. The quantitative estimate of drug-likeness (QED) is 0.568. The van der Waals surface area contributed by atoms with Gasteiger partial charge in [0, 0.05) is 29.8 Å². The van der Waals surface area contributed by atoms with Crippen LogP contribution in [-0.4, -0.2) is 5.78 Å². The van der Waals surface area contributed by atoms with Gasteiger partial charge < -0.3 is 0 Å². The third-order valence-corrected chi connectivity index (χ3v) is 2.57. The van der Waals surface area contributed by atoms with Gasteiger partial charge in [0.15, 0.2) is 0 Å². The molecule has 0 aliphatic heterocycles. The molecular weight excluding hydrogens is 227 g/mol. The maximum Gasteiger partial charge on any atom is 0.137 e. The number of ketones is 1. The van der Waals surface area contributed by atoms with Crippen LogP contribution in [0, 0.1) is 18.2 Å². The summed E-state index contributed by atoms with van der Waals surface area (Å²) in [5.74, 6) is 1.99. The number of hydrogen-bond acceptors (Lipinski definition) is 1. The average Bonchev–Trinajstić information content (AvgIpc) is 2.24. The molecule has 0 radical (unpaired) electrons. The molecule has 3 heteroatoms. The molecule has 16 heavy (non-hydrogen) atoms. The van der Waals surface area contributed by atoms with Crippen molar-refractivity contribution in [3.05, 3.63) is 34.6 Å². The van der Waals surface area contributed by atoms with Gasteiger partial charge in [0.05, 0.1) is 0 Å². The van der Waals surface area contributed by atoms with Crippen molar-refractivity contribution < 1.29 is 9.18 Å². The van der Waals surface area contributed by atoms with Gasteiger partial charge in [-0.05, 0) is 18.6 Å². The van der Waals surface area contributed by atoms with E-state index < -0.39 is 5.82 Å². The summed E-state index contributed by atoms with van der Waals surface area (Å²) >= 11 is 5.81. The van der Waals surface area contributed by atoms with Crippen LogP contribution in [-0.2, 0) is 11.2 Å². The average molecular weight is 239 g/mol. The topological polar surface area (TPSA) is 17.1 Å². The SMILES string of the molecule is C#CCCCC(=O)Cc1c(F)cccc1Cl. The Kier molecular flexibility index (Phi) is 5.01. The normalized spacial score (nSPS) is 9.81. The van der Waals surface area contributed by atoms with Gasteiger partial charge in [-0.3, -0.25) is 4.79 Å². The highest BCUT2D eigenvalue weighted by Crippen LogP contribution is 2.20. The number of unbranched alkanes of at least 4 members (excludes halogenated alkanes) is 1. The summed E-state index contributed by atoms with van der Waals surface area (Å²) in [7, 11) is 0. The highest BCUT2D eigenvalue weighted by molar-refractivity contribution is 6.31. The summed E-state index contributed by atoms with van der Waals surface area (Å²) in [6.07, 6.45) is 6.69. The highest BCUT2D eigenvalue weighted by Gasteiger charge is 2.11. The van der Waals surface area contributed by atoms with Crippen molar-refractivity contribution in [3.63, 3.8) is 0 Å². The summed E-state index contributed by atoms with van der Waals surface area (Å²) in [6, 6.07) is 4.40. The van der Waals surface area contributed by atoms with E-state index in [0.717, 1.165) is 0 Å². The predicted octanol–water partition coefficient (Wildman–Crippen LogP) is 3.39. The Morgan fingerprint density at radius 1 is 1.50 bits per heavy atom. The first kappa shape index (κ1) is 12.7. The van der Waals surface area contributed by atoms with E-state index in [1.54, 1.807) is 6.07 Å². The Balaban J connectivity index is 2.60. The third kappa shape index (κ3) is 3.67. The molecular formula is C13H12ClFO.